The van der Waals surface area contributed by atoms with Crippen molar-refractivity contribution in [2.45, 2.75) is 6.92 Å². The third kappa shape index (κ3) is 1.91. The lowest BCUT2D eigenvalue weighted by Crippen LogP contribution is -1.86. The van der Waals surface area contributed by atoms with Gasteiger partial charge in [-0.05, 0) is 13.0 Å². The fourth-order valence-corrected chi connectivity index (χ4v) is 1.43. The molecule has 0 aliphatic rings. The minimum Gasteiger partial charge on any atom is -0.259 e. The van der Waals surface area contributed by atoms with Gasteiger partial charge in [-0.3, -0.25) is 4.98 Å². The van der Waals surface area contributed by atoms with Gasteiger partial charge < -0.3 is 0 Å². The standard InChI is InChI=1S/C11H9ClN2/c1-8-3-2-4-9(5-8)10-6-13-7-11(12)14-10/h2-7H,1H3. The maximum Gasteiger partial charge on any atom is 0.148 e. The molecule has 1 aromatic carbocycles. The molecule has 0 aliphatic heterocycles. The van der Waals surface area contributed by atoms with Gasteiger partial charge in [0.25, 0.3) is 0 Å². The molecule has 0 saturated carbocycles. The average Bonchev–Trinajstić information content (AvgIpc) is 2.18. The van der Waals surface area contributed by atoms with Crippen molar-refractivity contribution in [2.75, 3.05) is 0 Å². The van der Waals surface area contributed by atoms with Crippen LogP contribution in [0.2, 0.25) is 5.15 Å². The van der Waals surface area contributed by atoms with Gasteiger partial charge in [0, 0.05) is 5.56 Å². The second kappa shape index (κ2) is 3.76. The molecule has 0 atom stereocenters. The highest BCUT2D eigenvalue weighted by molar-refractivity contribution is 6.29. The molecule has 0 radical (unpaired) electrons. The van der Waals surface area contributed by atoms with Crippen LogP contribution in [0, 0.1) is 6.92 Å². The number of aromatic nitrogens is 2. The summed E-state index contributed by atoms with van der Waals surface area (Å²) in [6, 6.07) is 8.09. The molecule has 2 aromatic rings. The number of benzene rings is 1. The molecule has 14 heavy (non-hydrogen) atoms. The van der Waals surface area contributed by atoms with Crippen LogP contribution >= 0.6 is 11.6 Å². The van der Waals surface area contributed by atoms with Crippen molar-refractivity contribution < 1.29 is 0 Å². The zero-order chi connectivity index (χ0) is 9.97. The third-order valence-corrected chi connectivity index (χ3v) is 2.10. The maximum atomic E-state index is 5.76. The van der Waals surface area contributed by atoms with E-state index in [0.29, 0.717) is 5.15 Å². The van der Waals surface area contributed by atoms with Crippen LogP contribution in [0.5, 0.6) is 0 Å². The molecule has 1 aromatic heterocycles. The first-order valence-corrected chi connectivity index (χ1v) is 4.68. The summed E-state index contributed by atoms with van der Waals surface area (Å²) in [6.45, 7) is 2.04. The van der Waals surface area contributed by atoms with Gasteiger partial charge in [-0.15, -0.1) is 0 Å². The van der Waals surface area contributed by atoms with Crippen LogP contribution in [0.3, 0.4) is 0 Å². The van der Waals surface area contributed by atoms with E-state index in [1.165, 1.54) is 11.8 Å². The molecular formula is C11H9ClN2. The SMILES string of the molecule is Cc1cccc(-c2cncc(Cl)n2)c1. The van der Waals surface area contributed by atoms with E-state index in [1.54, 1.807) is 6.20 Å². The molecule has 3 heteroatoms. The summed E-state index contributed by atoms with van der Waals surface area (Å²) in [5.74, 6) is 0. The first-order chi connectivity index (χ1) is 6.75. The van der Waals surface area contributed by atoms with Gasteiger partial charge in [-0.1, -0.05) is 35.4 Å². The van der Waals surface area contributed by atoms with Crippen LogP contribution < -0.4 is 0 Å². The minimum atomic E-state index is 0.420. The lowest BCUT2D eigenvalue weighted by atomic mass is 10.1. The van der Waals surface area contributed by atoms with Crippen LogP contribution in [-0.2, 0) is 0 Å². The van der Waals surface area contributed by atoms with Gasteiger partial charge in [-0.2, -0.15) is 0 Å². The summed E-state index contributed by atoms with van der Waals surface area (Å²) < 4.78 is 0. The molecule has 70 valence electrons. The average molecular weight is 205 g/mol. The maximum absolute atomic E-state index is 5.76. The summed E-state index contributed by atoms with van der Waals surface area (Å²) in [6.07, 6.45) is 3.24. The first-order valence-electron chi connectivity index (χ1n) is 4.30. The summed E-state index contributed by atoms with van der Waals surface area (Å²) in [7, 11) is 0. The van der Waals surface area contributed by atoms with Gasteiger partial charge in [0.05, 0.1) is 18.1 Å². The van der Waals surface area contributed by atoms with Gasteiger partial charge >= 0.3 is 0 Å². The van der Waals surface area contributed by atoms with Crippen molar-refractivity contribution in [3.05, 3.63) is 47.4 Å². The van der Waals surface area contributed by atoms with E-state index in [4.69, 9.17) is 11.6 Å². The van der Waals surface area contributed by atoms with Crippen LogP contribution in [0.4, 0.5) is 0 Å². The quantitative estimate of drug-likeness (QED) is 0.714. The smallest absolute Gasteiger partial charge is 0.148 e. The number of hydrogen-bond donors (Lipinski definition) is 0. The number of hydrogen-bond acceptors (Lipinski definition) is 2. The molecule has 0 unspecified atom stereocenters. The molecule has 0 amide bonds. The van der Waals surface area contributed by atoms with E-state index < -0.39 is 0 Å². The fraction of sp³-hybridized carbons (Fsp3) is 0.0909. The van der Waals surface area contributed by atoms with Crippen molar-refractivity contribution in [1.29, 1.82) is 0 Å². The Morgan fingerprint density at radius 3 is 2.79 bits per heavy atom. The number of rotatable bonds is 1. The van der Waals surface area contributed by atoms with Gasteiger partial charge in [0.1, 0.15) is 5.15 Å². The first kappa shape index (κ1) is 9.16. The van der Waals surface area contributed by atoms with E-state index in [1.807, 2.05) is 25.1 Å². The molecule has 2 nitrogen and oxygen atoms in total. The van der Waals surface area contributed by atoms with Gasteiger partial charge in [0.15, 0.2) is 0 Å². The van der Waals surface area contributed by atoms with Gasteiger partial charge in [0.2, 0.25) is 0 Å². The zero-order valence-corrected chi connectivity index (χ0v) is 8.49. The Bertz CT molecular complexity index is 411. The van der Waals surface area contributed by atoms with Crippen LogP contribution in [0.25, 0.3) is 11.3 Å². The number of aryl methyl sites for hydroxylation is 1. The topological polar surface area (TPSA) is 25.8 Å². The second-order valence-corrected chi connectivity index (χ2v) is 3.48. The number of halogens is 1. The van der Waals surface area contributed by atoms with E-state index in [0.717, 1.165) is 11.3 Å². The Morgan fingerprint density at radius 1 is 1.21 bits per heavy atom. The highest BCUT2D eigenvalue weighted by Gasteiger charge is 2.00. The predicted octanol–water partition coefficient (Wildman–Crippen LogP) is 3.11. The minimum absolute atomic E-state index is 0.420. The lowest BCUT2D eigenvalue weighted by molar-refractivity contribution is 1.20. The normalized spacial score (nSPS) is 10.1. The third-order valence-electron chi connectivity index (χ3n) is 1.92. The van der Waals surface area contributed by atoms with Gasteiger partial charge in [-0.25, -0.2) is 4.98 Å². The van der Waals surface area contributed by atoms with E-state index in [9.17, 15) is 0 Å². The molecule has 0 saturated heterocycles. The summed E-state index contributed by atoms with van der Waals surface area (Å²) in [5.41, 5.74) is 3.05. The fourth-order valence-electron chi connectivity index (χ4n) is 1.29. The molecule has 0 spiro atoms. The molecule has 2 rings (SSSR count). The summed E-state index contributed by atoms with van der Waals surface area (Å²) in [5, 5.41) is 0.420. The Hall–Kier alpha value is -1.41. The molecule has 0 fully saturated rings. The van der Waals surface area contributed by atoms with Crippen LogP contribution in [-0.4, -0.2) is 9.97 Å². The summed E-state index contributed by atoms with van der Waals surface area (Å²) >= 11 is 5.76. The Morgan fingerprint density at radius 2 is 2.07 bits per heavy atom. The van der Waals surface area contributed by atoms with Crippen molar-refractivity contribution >= 4 is 11.6 Å². The second-order valence-electron chi connectivity index (χ2n) is 3.10. The Kier molecular flexibility index (Phi) is 2.46. The van der Waals surface area contributed by atoms with E-state index in [2.05, 4.69) is 16.0 Å². The van der Waals surface area contributed by atoms with Crippen molar-refractivity contribution in [2.24, 2.45) is 0 Å². The van der Waals surface area contributed by atoms with E-state index >= 15 is 0 Å². The lowest BCUT2D eigenvalue weighted by Gasteiger charge is -2.01. The monoisotopic (exact) mass is 204 g/mol. The van der Waals surface area contributed by atoms with Crippen molar-refractivity contribution in [3.8, 4) is 11.3 Å². The van der Waals surface area contributed by atoms with Crippen molar-refractivity contribution in [1.82, 2.24) is 9.97 Å². The van der Waals surface area contributed by atoms with E-state index in [-0.39, 0.29) is 0 Å². The molecular weight excluding hydrogens is 196 g/mol. The Labute approximate surface area is 87.6 Å². The van der Waals surface area contributed by atoms with Crippen molar-refractivity contribution in [3.63, 3.8) is 0 Å². The summed E-state index contributed by atoms with van der Waals surface area (Å²) in [4.78, 5) is 8.18. The molecule has 0 aliphatic carbocycles. The van der Waals surface area contributed by atoms with Crippen LogP contribution in [0.15, 0.2) is 36.7 Å². The molecule has 0 bridgehead atoms. The van der Waals surface area contributed by atoms with Crippen LogP contribution in [0.1, 0.15) is 5.56 Å². The highest BCUT2D eigenvalue weighted by atomic mass is 35.5. The zero-order valence-electron chi connectivity index (χ0n) is 7.74. The predicted molar refractivity (Wildman–Crippen MR) is 57.2 cm³/mol. The highest BCUT2D eigenvalue weighted by Crippen LogP contribution is 2.18. The molecule has 1 heterocycles. The largest absolute Gasteiger partial charge is 0.259 e. The number of nitrogens with zero attached hydrogens (tertiary/aromatic N) is 2. The Balaban J connectivity index is 2.49. The molecule has 0 N–H and O–H groups in total.